The number of hydrogen-bond acceptors (Lipinski definition) is 4. The number of aliphatic hydroxyl groups is 1. The Morgan fingerprint density at radius 2 is 2.00 bits per heavy atom. The Bertz CT molecular complexity index is 960. The van der Waals surface area contributed by atoms with E-state index in [2.05, 4.69) is 18.1 Å². The molecule has 0 saturated heterocycles. The average Bonchev–Trinajstić information content (AvgIpc) is 3.20. The fourth-order valence-corrected chi connectivity index (χ4v) is 9.47. The molecule has 0 aliphatic heterocycles. The molecule has 0 amide bonds. The monoisotopic (exact) mass is 421 g/mol. The number of rotatable bonds is 3. The largest absolute Gasteiger partial charge is 0.390 e. The van der Waals surface area contributed by atoms with Crippen LogP contribution in [0.3, 0.4) is 0 Å². The Morgan fingerprint density at radius 3 is 2.77 bits per heavy atom. The third-order valence-electron chi connectivity index (χ3n) is 10.9. The minimum absolute atomic E-state index is 0.133. The predicted molar refractivity (Wildman–Crippen MR) is 116 cm³/mol. The second-order valence-electron chi connectivity index (χ2n) is 12.2. The van der Waals surface area contributed by atoms with Crippen LogP contribution < -0.4 is 0 Å². The van der Waals surface area contributed by atoms with Gasteiger partial charge >= 0.3 is 0 Å². The minimum atomic E-state index is -0.458. The van der Waals surface area contributed by atoms with E-state index in [1.165, 1.54) is 38.5 Å². The quantitative estimate of drug-likeness (QED) is 0.787. The van der Waals surface area contributed by atoms with Gasteiger partial charge in [0.2, 0.25) is 0 Å². The van der Waals surface area contributed by atoms with Gasteiger partial charge in [-0.1, -0.05) is 6.92 Å². The van der Waals surface area contributed by atoms with E-state index in [1.54, 1.807) is 17.1 Å². The molecule has 1 aromatic heterocycles. The highest BCUT2D eigenvalue weighted by atomic mass is 16.3. The van der Waals surface area contributed by atoms with Crippen LogP contribution in [0.15, 0.2) is 12.4 Å². The smallest absolute Gasteiger partial charge is 0.161 e. The van der Waals surface area contributed by atoms with Gasteiger partial charge in [0.05, 0.1) is 17.4 Å². The van der Waals surface area contributed by atoms with Crippen LogP contribution in [0.2, 0.25) is 0 Å². The summed E-state index contributed by atoms with van der Waals surface area (Å²) < 4.78 is 1.67. The molecule has 5 saturated carbocycles. The SMILES string of the molecule is C[C@@]1(O)CC[C@H]2[C@H](CC[C@@H]3[C@@H]2CC[C@@]2(C)[C@H]3C[C@H]3C[C@]32C(=O)Cn2cc(C#N)cn2)C1. The predicted octanol–water partition coefficient (Wildman–Crippen LogP) is 4.34. The van der Waals surface area contributed by atoms with Gasteiger partial charge in [0, 0.05) is 11.6 Å². The van der Waals surface area contributed by atoms with Crippen LogP contribution in [0.1, 0.15) is 77.2 Å². The molecule has 0 spiro atoms. The van der Waals surface area contributed by atoms with Crippen molar-refractivity contribution in [3.8, 4) is 6.07 Å². The Balaban J connectivity index is 1.23. The molecule has 0 aromatic carbocycles. The first kappa shape index (κ1) is 20.0. The zero-order valence-corrected chi connectivity index (χ0v) is 18.9. The molecule has 6 rings (SSSR count). The molecule has 5 heteroatoms. The lowest BCUT2D eigenvalue weighted by Crippen LogP contribution is -2.52. The highest BCUT2D eigenvalue weighted by Crippen LogP contribution is 2.80. The number of nitriles is 1. The summed E-state index contributed by atoms with van der Waals surface area (Å²) in [6, 6.07) is 2.11. The fourth-order valence-electron chi connectivity index (χ4n) is 9.47. The van der Waals surface area contributed by atoms with Crippen molar-refractivity contribution in [3.05, 3.63) is 18.0 Å². The summed E-state index contributed by atoms with van der Waals surface area (Å²) >= 11 is 0. The molecule has 9 atom stereocenters. The molecule has 5 nitrogen and oxygen atoms in total. The number of nitrogens with zero attached hydrogens (tertiary/aromatic N) is 3. The molecular weight excluding hydrogens is 386 g/mol. The average molecular weight is 422 g/mol. The zero-order chi connectivity index (χ0) is 21.6. The lowest BCUT2D eigenvalue weighted by Gasteiger charge is -2.57. The van der Waals surface area contributed by atoms with E-state index in [0.29, 0.717) is 35.6 Å². The van der Waals surface area contributed by atoms with E-state index >= 15 is 0 Å². The topological polar surface area (TPSA) is 78.9 Å². The van der Waals surface area contributed by atoms with Gasteiger partial charge < -0.3 is 5.11 Å². The maximum Gasteiger partial charge on any atom is 0.161 e. The minimum Gasteiger partial charge on any atom is -0.390 e. The zero-order valence-electron chi connectivity index (χ0n) is 18.9. The van der Waals surface area contributed by atoms with Crippen LogP contribution >= 0.6 is 0 Å². The summed E-state index contributed by atoms with van der Waals surface area (Å²) in [4.78, 5) is 13.6. The second kappa shape index (κ2) is 6.44. The van der Waals surface area contributed by atoms with Gasteiger partial charge in [-0.05, 0) is 106 Å². The lowest BCUT2D eigenvalue weighted by molar-refractivity contribution is -0.139. The molecule has 5 aliphatic rings. The van der Waals surface area contributed by atoms with Crippen LogP contribution in [-0.4, -0.2) is 26.3 Å². The molecule has 0 radical (unpaired) electrons. The van der Waals surface area contributed by atoms with E-state index < -0.39 is 5.60 Å². The summed E-state index contributed by atoms with van der Waals surface area (Å²) in [6.07, 6.45) is 13.7. The van der Waals surface area contributed by atoms with E-state index in [-0.39, 0.29) is 10.8 Å². The summed E-state index contributed by atoms with van der Waals surface area (Å²) in [6.45, 7) is 4.79. The number of Topliss-reactive ketones (excluding diaryl/α,β-unsaturated/α-hetero) is 1. The highest BCUT2D eigenvalue weighted by molar-refractivity contribution is 5.89. The van der Waals surface area contributed by atoms with Gasteiger partial charge in [0.15, 0.2) is 5.78 Å². The molecule has 1 N–H and O–H groups in total. The normalized spacial score (nSPS) is 49.9. The molecule has 1 aromatic rings. The Labute approximate surface area is 185 Å². The van der Waals surface area contributed by atoms with Crippen molar-refractivity contribution in [1.29, 1.82) is 5.26 Å². The van der Waals surface area contributed by atoms with Crippen molar-refractivity contribution < 1.29 is 9.90 Å². The van der Waals surface area contributed by atoms with Gasteiger partial charge in [0.1, 0.15) is 12.6 Å². The van der Waals surface area contributed by atoms with Crippen LogP contribution in [-0.2, 0) is 11.3 Å². The molecule has 31 heavy (non-hydrogen) atoms. The Kier molecular flexibility index (Phi) is 4.15. The van der Waals surface area contributed by atoms with Crippen LogP contribution in [0.4, 0.5) is 0 Å². The first-order valence-electron chi connectivity index (χ1n) is 12.5. The van der Waals surface area contributed by atoms with Crippen molar-refractivity contribution >= 4 is 5.78 Å². The molecular formula is C26H35N3O2. The standard InChI is InChI=1S/C26H35N3O2/c1-24(31)7-5-19-17(10-24)3-4-21-20(19)6-8-25(2)22(21)9-18-11-26(18,25)23(30)15-29-14-16(12-27)13-28-29/h13-14,17-22,31H,3-11,15H2,1-2H3/t17-,18+,19+,20-,21-,22+,24-,25+,26-/m1/s1. The number of carbonyl (C=O) groups excluding carboxylic acids is 1. The van der Waals surface area contributed by atoms with Gasteiger partial charge in [0.25, 0.3) is 0 Å². The fraction of sp³-hybridized carbons (Fsp3) is 0.808. The first-order chi connectivity index (χ1) is 14.8. The van der Waals surface area contributed by atoms with Crippen molar-refractivity contribution in [1.82, 2.24) is 9.78 Å². The molecule has 0 bridgehead atoms. The van der Waals surface area contributed by atoms with Crippen molar-refractivity contribution in [2.45, 2.75) is 83.8 Å². The van der Waals surface area contributed by atoms with Crippen LogP contribution in [0.25, 0.3) is 0 Å². The lowest BCUT2D eigenvalue weighted by atomic mass is 9.47. The third-order valence-corrected chi connectivity index (χ3v) is 10.9. The molecule has 1 heterocycles. The van der Waals surface area contributed by atoms with E-state index in [1.807, 2.05) is 6.92 Å². The second-order valence-corrected chi connectivity index (χ2v) is 12.2. The maximum atomic E-state index is 13.6. The maximum absolute atomic E-state index is 13.6. The van der Waals surface area contributed by atoms with Crippen molar-refractivity contribution in [3.63, 3.8) is 0 Å². The van der Waals surface area contributed by atoms with Crippen LogP contribution in [0.5, 0.6) is 0 Å². The van der Waals surface area contributed by atoms with E-state index in [0.717, 1.165) is 37.0 Å². The molecule has 5 aliphatic carbocycles. The van der Waals surface area contributed by atoms with Crippen molar-refractivity contribution in [2.75, 3.05) is 0 Å². The summed E-state index contributed by atoms with van der Waals surface area (Å²) in [5, 5.41) is 23.9. The summed E-state index contributed by atoms with van der Waals surface area (Å²) in [5.41, 5.74) is 0.0558. The van der Waals surface area contributed by atoms with Gasteiger partial charge in [-0.3, -0.25) is 9.48 Å². The number of hydrogen-bond donors (Lipinski definition) is 1. The number of fused-ring (bicyclic) bond motifs is 7. The molecule has 5 fully saturated rings. The number of ketones is 1. The summed E-state index contributed by atoms with van der Waals surface area (Å²) in [7, 11) is 0. The molecule has 0 unspecified atom stereocenters. The first-order valence-corrected chi connectivity index (χ1v) is 12.5. The van der Waals surface area contributed by atoms with E-state index in [9.17, 15) is 9.90 Å². The Morgan fingerprint density at radius 1 is 1.19 bits per heavy atom. The van der Waals surface area contributed by atoms with Gasteiger partial charge in [-0.2, -0.15) is 10.4 Å². The van der Waals surface area contributed by atoms with Crippen molar-refractivity contribution in [2.24, 2.45) is 46.3 Å². The summed E-state index contributed by atoms with van der Waals surface area (Å²) in [5.74, 6) is 4.68. The highest BCUT2D eigenvalue weighted by Gasteiger charge is 2.77. The van der Waals surface area contributed by atoms with Gasteiger partial charge in [-0.15, -0.1) is 0 Å². The third kappa shape index (κ3) is 2.70. The number of aromatic nitrogens is 2. The molecule has 166 valence electrons. The van der Waals surface area contributed by atoms with Gasteiger partial charge in [-0.25, -0.2) is 0 Å². The Hall–Kier alpha value is -1.67. The van der Waals surface area contributed by atoms with E-state index in [4.69, 9.17) is 5.26 Å². The number of carbonyl (C=O) groups is 1. The van der Waals surface area contributed by atoms with Crippen LogP contribution in [0, 0.1) is 57.7 Å².